The lowest BCUT2D eigenvalue weighted by atomic mass is 9.91. The summed E-state index contributed by atoms with van der Waals surface area (Å²) in [6, 6.07) is -0.876. The molecule has 1 fully saturated rings. The maximum atomic E-state index is 9.29. The van der Waals surface area contributed by atoms with Crippen LogP contribution in [0.4, 0.5) is 0 Å². The lowest BCUT2D eigenvalue weighted by Gasteiger charge is -2.39. The minimum absolute atomic E-state index is 0.255. The molecular weight excluding hydrogens is 162 g/mol. The third-order valence-electron chi connectivity index (χ3n) is 2.30. The second-order valence-corrected chi connectivity index (χ2v) is 3.22. The molecular formula is C7H15NO4. The molecule has 0 aromatic rings. The molecule has 1 rings (SSSR count). The summed E-state index contributed by atoms with van der Waals surface area (Å²) in [6.45, 7) is 1.43. The van der Waals surface area contributed by atoms with Crippen molar-refractivity contribution in [1.29, 1.82) is 0 Å². The van der Waals surface area contributed by atoms with Gasteiger partial charge in [-0.3, -0.25) is 0 Å². The van der Waals surface area contributed by atoms with Crippen LogP contribution < -0.4 is 5.32 Å². The fraction of sp³-hybridized carbons (Fsp3) is 1.00. The van der Waals surface area contributed by atoms with Crippen molar-refractivity contribution >= 4 is 0 Å². The van der Waals surface area contributed by atoms with Crippen LogP contribution in [-0.2, 0) is 0 Å². The molecule has 5 heteroatoms. The molecule has 1 aliphatic heterocycles. The summed E-state index contributed by atoms with van der Waals surface area (Å²) in [5.41, 5.74) is 0. The van der Waals surface area contributed by atoms with E-state index in [1.54, 1.807) is 6.92 Å². The maximum Gasteiger partial charge on any atom is 0.109 e. The Morgan fingerprint density at radius 1 is 1.08 bits per heavy atom. The van der Waals surface area contributed by atoms with Crippen molar-refractivity contribution in [2.75, 3.05) is 6.61 Å². The Morgan fingerprint density at radius 3 is 2.17 bits per heavy atom. The molecule has 5 N–H and O–H groups in total. The van der Waals surface area contributed by atoms with E-state index in [-0.39, 0.29) is 12.6 Å². The second-order valence-electron chi connectivity index (χ2n) is 3.22. The molecule has 1 saturated heterocycles. The van der Waals surface area contributed by atoms with Crippen LogP contribution in [0.1, 0.15) is 6.92 Å². The number of aliphatic hydroxyl groups is 4. The average molecular weight is 177 g/mol. The van der Waals surface area contributed by atoms with E-state index in [1.165, 1.54) is 0 Å². The molecule has 0 radical (unpaired) electrons. The van der Waals surface area contributed by atoms with Crippen LogP contribution in [0.3, 0.4) is 0 Å². The highest BCUT2D eigenvalue weighted by atomic mass is 16.4. The number of piperidine rings is 1. The summed E-state index contributed by atoms with van der Waals surface area (Å²) in [5, 5.41) is 39.4. The fourth-order valence-corrected chi connectivity index (χ4v) is 1.43. The van der Waals surface area contributed by atoms with Gasteiger partial charge in [-0.05, 0) is 6.92 Å². The normalized spacial score (nSPS) is 49.2. The van der Waals surface area contributed by atoms with E-state index in [0.29, 0.717) is 0 Å². The van der Waals surface area contributed by atoms with E-state index in [2.05, 4.69) is 5.32 Å². The molecule has 0 aromatic carbocycles. The van der Waals surface area contributed by atoms with Crippen LogP contribution in [0.25, 0.3) is 0 Å². The Kier molecular flexibility index (Phi) is 3.03. The molecule has 1 heterocycles. The first kappa shape index (κ1) is 9.88. The van der Waals surface area contributed by atoms with E-state index >= 15 is 0 Å². The minimum Gasteiger partial charge on any atom is -0.395 e. The SMILES string of the molecule is C[C@@H]1N[C@@H](CO)[C@H](O)[C@H](O)[C@@H]1O. The van der Waals surface area contributed by atoms with Crippen molar-refractivity contribution in [3.8, 4) is 0 Å². The topological polar surface area (TPSA) is 93.0 Å². The van der Waals surface area contributed by atoms with Crippen molar-refractivity contribution in [2.24, 2.45) is 0 Å². The molecule has 0 unspecified atom stereocenters. The summed E-state index contributed by atoms with van der Waals surface area (Å²) in [4.78, 5) is 0. The Morgan fingerprint density at radius 2 is 1.67 bits per heavy atom. The molecule has 5 atom stereocenters. The number of nitrogens with one attached hydrogen (secondary N) is 1. The van der Waals surface area contributed by atoms with Crippen molar-refractivity contribution in [2.45, 2.75) is 37.3 Å². The van der Waals surface area contributed by atoms with Crippen LogP contribution in [0.15, 0.2) is 0 Å². The standard InChI is InChI=1S/C7H15NO4/c1-3-5(10)7(12)6(11)4(2-9)8-3/h3-12H,2H2,1H3/t3-,4-,5+,6-,7+/m0/s1. The van der Waals surface area contributed by atoms with E-state index in [9.17, 15) is 15.3 Å². The molecule has 0 spiro atoms. The zero-order chi connectivity index (χ0) is 9.30. The van der Waals surface area contributed by atoms with Gasteiger partial charge in [0.25, 0.3) is 0 Å². The molecule has 0 aromatic heterocycles. The largest absolute Gasteiger partial charge is 0.395 e. The molecule has 0 saturated carbocycles. The lowest BCUT2D eigenvalue weighted by Crippen LogP contribution is -2.64. The Labute approximate surface area is 70.6 Å². The average Bonchev–Trinajstić information content (AvgIpc) is 2.08. The molecule has 5 nitrogen and oxygen atoms in total. The second kappa shape index (κ2) is 3.68. The molecule has 72 valence electrons. The number of rotatable bonds is 1. The third kappa shape index (κ3) is 1.60. The van der Waals surface area contributed by atoms with E-state index < -0.39 is 24.4 Å². The van der Waals surface area contributed by atoms with Gasteiger partial charge in [0.1, 0.15) is 6.10 Å². The quantitative estimate of drug-likeness (QED) is 0.303. The minimum atomic E-state index is -1.18. The molecule has 0 bridgehead atoms. The van der Waals surface area contributed by atoms with E-state index in [1.807, 2.05) is 0 Å². The highest BCUT2D eigenvalue weighted by Gasteiger charge is 2.39. The van der Waals surface area contributed by atoms with Gasteiger partial charge in [-0.2, -0.15) is 0 Å². The zero-order valence-corrected chi connectivity index (χ0v) is 6.88. The van der Waals surface area contributed by atoms with Gasteiger partial charge in [0.2, 0.25) is 0 Å². The predicted molar refractivity (Wildman–Crippen MR) is 41.5 cm³/mol. The third-order valence-corrected chi connectivity index (χ3v) is 2.30. The number of hydrogen-bond acceptors (Lipinski definition) is 5. The summed E-state index contributed by atoms with van der Waals surface area (Å²) in [6.07, 6.45) is -3.28. The van der Waals surface area contributed by atoms with Crippen molar-refractivity contribution < 1.29 is 20.4 Å². The first-order valence-electron chi connectivity index (χ1n) is 3.99. The molecule has 0 amide bonds. The Balaban J connectivity index is 2.63. The summed E-state index contributed by atoms with van der Waals surface area (Å²) in [7, 11) is 0. The van der Waals surface area contributed by atoms with Crippen molar-refractivity contribution in [1.82, 2.24) is 5.32 Å². The van der Waals surface area contributed by atoms with Crippen LogP contribution >= 0.6 is 0 Å². The Bertz CT molecular complexity index is 150. The van der Waals surface area contributed by atoms with Gasteiger partial charge >= 0.3 is 0 Å². The number of aliphatic hydroxyl groups excluding tert-OH is 4. The highest BCUT2D eigenvalue weighted by Crippen LogP contribution is 2.14. The zero-order valence-electron chi connectivity index (χ0n) is 6.88. The van der Waals surface area contributed by atoms with E-state index in [4.69, 9.17) is 5.11 Å². The highest BCUT2D eigenvalue weighted by molar-refractivity contribution is 4.96. The van der Waals surface area contributed by atoms with Gasteiger partial charge in [-0.15, -0.1) is 0 Å². The lowest BCUT2D eigenvalue weighted by molar-refractivity contribution is -0.116. The fourth-order valence-electron chi connectivity index (χ4n) is 1.43. The van der Waals surface area contributed by atoms with Gasteiger partial charge in [0.05, 0.1) is 24.9 Å². The van der Waals surface area contributed by atoms with Crippen LogP contribution in [-0.4, -0.2) is 57.4 Å². The van der Waals surface area contributed by atoms with E-state index in [0.717, 1.165) is 0 Å². The van der Waals surface area contributed by atoms with Gasteiger partial charge < -0.3 is 25.7 Å². The van der Waals surface area contributed by atoms with Gasteiger partial charge in [0.15, 0.2) is 0 Å². The maximum absolute atomic E-state index is 9.29. The molecule has 0 aliphatic carbocycles. The van der Waals surface area contributed by atoms with Gasteiger partial charge in [-0.25, -0.2) is 0 Å². The summed E-state index contributed by atoms with van der Waals surface area (Å²) < 4.78 is 0. The van der Waals surface area contributed by atoms with Gasteiger partial charge in [0, 0.05) is 6.04 Å². The van der Waals surface area contributed by atoms with Crippen LogP contribution in [0.5, 0.6) is 0 Å². The van der Waals surface area contributed by atoms with Crippen molar-refractivity contribution in [3.05, 3.63) is 0 Å². The van der Waals surface area contributed by atoms with Crippen molar-refractivity contribution in [3.63, 3.8) is 0 Å². The van der Waals surface area contributed by atoms with Gasteiger partial charge in [-0.1, -0.05) is 0 Å². The molecule has 12 heavy (non-hydrogen) atoms. The molecule has 1 aliphatic rings. The monoisotopic (exact) mass is 177 g/mol. The van der Waals surface area contributed by atoms with Crippen LogP contribution in [0, 0.1) is 0 Å². The summed E-state index contributed by atoms with van der Waals surface area (Å²) >= 11 is 0. The first-order chi connectivity index (χ1) is 5.57. The first-order valence-corrected chi connectivity index (χ1v) is 3.99. The summed E-state index contributed by atoms with van der Waals surface area (Å²) in [5.74, 6) is 0. The Hall–Kier alpha value is -0.200. The predicted octanol–water partition coefficient (Wildman–Crippen LogP) is -2.58. The number of hydrogen-bond donors (Lipinski definition) is 5. The van der Waals surface area contributed by atoms with Crippen LogP contribution in [0.2, 0.25) is 0 Å². The smallest absolute Gasteiger partial charge is 0.109 e.